The number of nitrogens with one attached hydrogen (secondary N) is 2. The molecular formula is C15H25N3O3. The summed E-state index contributed by atoms with van der Waals surface area (Å²) in [6, 6.07) is 0.480. The lowest BCUT2D eigenvalue weighted by atomic mass is 10.1. The van der Waals surface area contributed by atoms with Crippen LogP contribution >= 0.6 is 0 Å². The van der Waals surface area contributed by atoms with Crippen LogP contribution in [0.25, 0.3) is 0 Å². The Morgan fingerprint density at radius 2 is 1.95 bits per heavy atom. The van der Waals surface area contributed by atoms with Crippen molar-refractivity contribution in [3.05, 3.63) is 22.5 Å². The molecule has 6 nitrogen and oxygen atoms in total. The lowest BCUT2D eigenvalue weighted by Crippen LogP contribution is -2.31. The number of hydrogen-bond acceptors (Lipinski definition) is 3. The van der Waals surface area contributed by atoms with Gasteiger partial charge >= 0.3 is 5.97 Å². The highest BCUT2D eigenvalue weighted by Gasteiger charge is 2.21. The van der Waals surface area contributed by atoms with Crippen molar-refractivity contribution in [2.45, 2.75) is 40.2 Å². The van der Waals surface area contributed by atoms with Crippen molar-refractivity contribution in [3.8, 4) is 0 Å². The van der Waals surface area contributed by atoms with E-state index in [0.29, 0.717) is 29.4 Å². The molecule has 0 aliphatic heterocycles. The van der Waals surface area contributed by atoms with Gasteiger partial charge in [-0.3, -0.25) is 4.79 Å². The van der Waals surface area contributed by atoms with Crippen LogP contribution in [0.4, 0.5) is 0 Å². The highest BCUT2D eigenvalue weighted by molar-refractivity contribution is 6.00. The molecule has 0 atom stereocenters. The van der Waals surface area contributed by atoms with Gasteiger partial charge in [-0.05, 0) is 53.3 Å². The van der Waals surface area contributed by atoms with Crippen LogP contribution in [-0.4, -0.2) is 53.0 Å². The predicted octanol–water partition coefficient (Wildman–Crippen LogP) is 1.79. The molecule has 1 heterocycles. The van der Waals surface area contributed by atoms with Crippen LogP contribution < -0.4 is 5.32 Å². The van der Waals surface area contributed by atoms with Crippen molar-refractivity contribution < 1.29 is 14.7 Å². The SMILES string of the molecule is Cc1[nH]c(C(=O)O)c(C)c1C(=O)NCCCN(C)C(C)C. The number of H-pyrrole nitrogens is 1. The Bertz CT molecular complexity index is 520. The van der Waals surface area contributed by atoms with Gasteiger partial charge in [0.15, 0.2) is 0 Å². The normalized spacial score (nSPS) is 11.2. The predicted molar refractivity (Wildman–Crippen MR) is 81.9 cm³/mol. The van der Waals surface area contributed by atoms with Crippen LogP contribution in [0.2, 0.25) is 0 Å². The molecule has 0 aliphatic carbocycles. The lowest BCUT2D eigenvalue weighted by molar-refractivity contribution is 0.0690. The van der Waals surface area contributed by atoms with Gasteiger partial charge < -0.3 is 20.3 Å². The molecule has 118 valence electrons. The highest BCUT2D eigenvalue weighted by Crippen LogP contribution is 2.17. The van der Waals surface area contributed by atoms with Crippen LogP contribution in [0.15, 0.2) is 0 Å². The molecule has 3 N–H and O–H groups in total. The Morgan fingerprint density at radius 3 is 2.43 bits per heavy atom. The van der Waals surface area contributed by atoms with Gasteiger partial charge in [-0.2, -0.15) is 0 Å². The Balaban J connectivity index is 2.59. The molecule has 0 saturated heterocycles. The first-order valence-corrected chi connectivity index (χ1v) is 7.16. The summed E-state index contributed by atoms with van der Waals surface area (Å²) in [6.07, 6.45) is 0.856. The summed E-state index contributed by atoms with van der Waals surface area (Å²) in [5, 5.41) is 11.9. The van der Waals surface area contributed by atoms with Crippen molar-refractivity contribution in [2.24, 2.45) is 0 Å². The zero-order valence-electron chi connectivity index (χ0n) is 13.4. The minimum atomic E-state index is -1.05. The van der Waals surface area contributed by atoms with E-state index in [2.05, 4.69) is 29.0 Å². The largest absolute Gasteiger partial charge is 0.477 e. The average Bonchev–Trinajstić information content (AvgIpc) is 2.69. The number of carbonyl (C=O) groups is 2. The second-order valence-corrected chi connectivity index (χ2v) is 5.61. The maximum Gasteiger partial charge on any atom is 0.352 e. The molecule has 0 saturated carbocycles. The van der Waals surface area contributed by atoms with E-state index >= 15 is 0 Å². The number of aromatic carboxylic acids is 1. The molecule has 0 spiro atoms. The third kappa shape index (κ3) is 4.32. The van der Waals surface area contributed by atoms with Gasteiger partial charge in [0.05, 0.1) is 5.56 Å². The molecule has 0 aliphatic rings. The van der Waals surface area contributed by atoms with Crippen LogP contribution in [0.5, 0.6) is 0 Å². The van der Waals surface area contributed by atoms with Crippen molar-refractivity contribution in [1.29, 1.82) is 0 Å². The topological polar surface area (TPSA) is 85.4 Å². The van der Waals surface area contributed by atoms with Crippen molar-refractivity contribution in [1.82, 2.24) is 15.2 Å². The Hall–Kier alpha value is -1.82. The number of carboxylic acids is 1. The fourth-order valence-corrected chi connectivity index (χ4v) is 2.18. The molecule has 0 aromatic carbocycles. The average molecular weight is 295 g/mol. The number of nitrogens with zero attached hydrogens (tertiary/aromatic N) is 1. The molecule has 0 bridgehead atoms. The first kappa shape index (κ1) is 17.2. The number of carbonyl (C=O) groups excluding carboxylic acids is 1. The molecule has 6 heteroatoms. The zero-order valence-corrected chi connectivity index (χ0v) is 13.4. The highest BCUT2D eigenvalue weighted by atomic mass is 16.4. The second-order valence-electron chi connectivity index (χ2n) is 5.61. The van der Waals surface area contributed by atoms with E-state index in [1.165, 1.54) is 0 Å². The van der Waals surface area contributed by atoms with E-state index in [0.717, 1.165) is 13.0 Å². The summed E-state index contributed by atoms with van der Waals surface area (Å²) < 4.78 is 0. The number of aryl methyl sites for hydroxylation is 1. The van der Waals surface area contributed by atoms with Crippen molar-refractivity contribution in [2.75, 3.05) is 20.1 Å². The molecule has 0 unspecified atom stereocenters. The summed E-state index contributed by atoms with van der Waals surface area (Å²) >= 11 is 0. The summed E-state index contributed by atoms with van der Waals surface area (Å²) in [5.74, 6) is -1.27. The zero-order chi connectivity index (χ0) is 16.2. The van der Waals surface area contributed by atoms with Gasteiger partial charge in [0, 0.05) is 18.3 Å². The van der Waals surface area contributed by atoms with Gasteiger partial charge in [0.1, 0.15) is 5.69 Å². The molecule has 1 aromatic rings. The van der Waals surface area contributed by atoms with E-state index in [-0.39, 0.29) is 11.6 Å². The van der Waals surface area contributed by atoms with E-state index < -0.39 is 5.97 Å². The minimum absolute atomic E-state index is 0.0807. The quantitative estimate of drug-likeness (QED) is 0.669. The van der Waals surface area contributed by atoms with Crippen molar-refractivity contribution in [3.63, 3.8) is 0 Å². The van der Waals surface area contributed by atoms with E-state index in [1.54, 1.807) is 13.8 Å². The van der Waals surface area contributed by atoms with Gasteiger partial charge in [-0.25, -0.2) is 4.79 Å². The minimum Gasteiger partial charge on any atom is -0.477 e. The molecule has 1 amide bonds. The molecule has 0 fully saturated rings. The number of hydrogen-bond donors (Lipinski definition) is 3. The number of carboxylic acid groups (broad SMARTS) is 1. The van der Waals surface area contributed by atoms with Gasteiger partial charge in [0.25, 0.3) is 5.91 Å². The Kier molecular flexibility index (Phi) is 5.96. The van der Waals surface area contributed by atoms with Crippen LogP contribution in [0.3, 0.4) is 0 Å². The number of aromatic amines is 1. The summed E-state index contributed by atoms with van der Waals surface area (Å²) in [7, 11) is 2.05. The third-order valence-electron chi connectivity index (χ3n) is 3.73. The van der Waals surface area contributed by atoms with Gasteiger partial charge in [0.2, 0.25) is 0 Å². The smallest absolute Gasteiger partial charge is 0.352 e. The summed E-state index contributed by atoms with van der Waals surface area (Å²) in [6.45, 7) is 9.08. The molecule has 1 aromatic heterocycles. The number of amides is 1. The molecule has 21 heavy (non-hydrogen) atoms. The molecule has 1 rings (SSSR count). The Morgan fingerprint density at radius 1 is 1.33 bits per heavy atom. The summed E-state index contributed by atoms with van der Waals surface area (Å²) in [5.41, 5.74) is 1.58. The van der Waals surface area contributed by atoms with Gasteiger partial charge in [-0.1, -0.05) is 0 Å². The van der Waals surface area contributed by atoms with Crippen molar-refractivity contribution >= 4 is 11.9 Å². The number of aromatic nitrogens is 1. The fraction of sp³-hybridized carbons (Fsp3) is 0.600. The monoisotopic (exact) mass is 295 g/mol. The summed E-state index contributed by atoms with van der Waals surface area (Å²) in [4.78, 5) is 28.2. The van der Waals surface area contributed by atoms with E-state index in [1.807, 2.05) is 7.05 Å². The molecule has 0 radical (unpaired) electrons. The Labute approximate surface area is 125 Å². The standard InChI is InChI=1S/C15H25N3O3/c1-9(2)18(5)8-6-7-16-14(19)12-10(3)13(15(20)21)17-11(12)4/h9,17H,6-8H2,1-5H3,(H,16,19)(H,20,21). The first-order valence-electron chi connectivity index (χ1n) is 7.16. The maximum absolute atomic E-state index is 12.2. The van der Waals surface area contributed by atoms with Crippen LogP contribution in [0.1, 0.15) is 52.4 Å². The fourth-order valence-electron chi connectivity index (χ4n) is 2.18. The number of rotatable bonds is 7. The van der Waals surface area contributed by atoms with Crippen LogP contribution in [0, 0.1) is 13.8 Å². The third-order valence-corrected chi connectivity index (χ3v) is 3.73. The molecular weight excluding hydrogens is 270 g/mol. The van der Waals surface area contributed by atoms with E-state index in [9.17, 15) is 9.59 Å². The van der Waals surface area contributed by atoms with Crippen LogP contribution in [-0.2, 0) is 0 Å². The maximum atomic E-state index is 12.2. The lowest BCUT2D eigenvalue weighted by Gasteiger charge is -2.20. The second kappa shape index (κ2) is 7.26. The first-order chi connectivity index (χ1) is 9.75. The van der Waals surface area contributed by atoms with E-state index in [4.69, 9.17) is 5.11 Å². The van der Waals surface area contributed by atoms with Gasteiger partial charge in [-0.15, -0.1) is 0 Å².